The molecule has 178 valence electrons. The molecule has 2 aromatic rings. The zero-order valence-electron chi connectivity index (χ0n) is 20.3. The van der Waals surface area contributed by atoms with Crippen LogP contribution in [0, 0.1) is 0 Å². The van der Waals surface area contributed by atoms with E-state index in [1.165, 1.54) is 16.9 Å². The monoisotopic (exact) mass is 553 g/mol. The maximum atomic E-state index is 4.62. The second-order valence-corrected chi connectivity index (χ2v) is 8.72. The van der Waals surface area contributed by atoms with Gasteiger partial charge in [-0.25, -0.2) is 0 Å². The lowest BCUT2D eigenvalue weighted by atomic mass is 10.1. The molecule has 7 nitrogen and oxygen atoms in total. The van der Waals surface area contributed by atoms with Crippen LogP contribution in [0.2, 0.25) is 0 Å². The summed E-state index contributed by atoms with van der Waals surface area (Å²) in [5.41, 5.74) is 3.77. The molecule has 1 fully saturated rings. The highest BCUT2D eigenvalue weighted by molar-refractivity contribution is 14.0. The fraction of sp³-hybridized carbons (Fsp3) is 0.583. The second-order valence-electron chi connectivity index (χ2n) is 8.72. The molecular weight excluding hydrogens is 513 g/mol. The molecule has 1 saturated heterocycles. The van der Waals surface area contributed by atoms with Crippen molar-refractivity contribution >= 4 is 35.6 Å². The van der Waals surface area contributed by atoms with Crippen LogP contribution < -0.4 is 10.2 Å². The van der Waals surface area contributed by atoms with E-state index in [-0.39, 0.29) is 24.0 Å². The molecule has 1 aromatic heterocycles. The number of rotatable bonds is 8. The van der Waals surface area contributed by atoms with Crippen molar-refractivity contribution in [3.63, 3.8) is 0 Å². The summed E-state index contributed by atoms with van der Waals surface area (Å²) in [7, 11) is 5.94. The lowest BCUT2D eigenvalue weighted by Crippen LogP contribution is -2.47. The Kier molecular flexibility index (Phi) is 10.8. The van der Waals surface area contributed by atoms with Crippen molar-refractivity contribution in [3.8, 4) is 0 Å². The molecule has 1 aromatic carbocycles. The fourth-order valence-corrected chi connectivity index (χ4v) is 4.25. The number of hydrogen-bond acceptors (Lipinski definition) is 4. The molecule has 0 saturated carbocycles. The Labute approximate surface area is 210 Å². The van der Waals surface area contributed by atoms with Crippen molar-refractivity contribution < 1.29 is 0 Å². The van der Waals surface area contributed by atoms with Crippen molar-refractivity contribution in [2.45, 2.75) is 32.7 Å². The molecule has 8 heteroatoms. The topological polar surface area (TPSA) is 51.9 Å². The van der Waals surface area contributed by atoms with Gasteiger partial charge in [-0.05, 0) is 31.0 Å². The molecule has 0 unspecified atom stereocenters. The van der Waals surface area contributed by atoms with E-state index in [0.717, 1.165) is 58.2 Å². The van der Waals surface area contributed by atoms with E-state index in [4.69, 9.17) is 0 Å². The Morgan fingerprint density at radius 1 is 1.16 bits per heavy atom. The number of halogens is 1. The van der Waals surface area contributed by atoms with Crippen molar-refractivity contribution in [2.75, 3.05) is 58.3 Å². The first-order valence-electron chi connectivity index (χ1n) is 11.4. The number of anilines is 1. The van der Waals surface area contributed by atoms with E-state index in [1.54, 1.807) is 0 Å². The lowest BCUT2D eigenvalue weighted by Gasteiger charge is -2.36. The molecule has 0 aliphatic carbocycles. The van der Waals surface area contributed by atoms with Crippen LogP contribution in [0.3, 0.4) is 0 Å². The van der Waals surface area contributed by atoms with Crippen LogP contribution >= 0.6 is 24.0 Å². The minimum atomic E-state index is 0. The molecule has 1 aliphatic heterocycles. The summed E-state index contributed by atoms with van der Waals surface area (Å²) in [4.78, 5) is 11.7. The summed E-state index contributed by atoms with van der Waals surface area (Å²) in [5, 5.41) is 8.15. The third-order valence-electron chi connectivity index (χ3n) is 5.89. The molecule has 32 heavy (non-hydrogen) atoms. The number of benzene rings is 1. The second kappa shape index (κ2) is 13.0. The predicted octanol–water partition coefficient (Wildman–Crippen LogP) is 3.38. The van der Waals surface area contributed by atoms with Gasteiger partial charge < -0.3 is 15.1 Å². The van der Waals surface area contributed by atoms with Gasteiger partial charge in [-0.1, -0.05) is 32.0 Å². The number of aryl methyl sites for hydroxylation is 1. The Hall–Kier alpha value is -1.81. The number of para-hydroxylation sites is 1. The average Bonchev–Trinajstić information content (AvgIpc) is 3.15. The van der Waals surface area contributed by atoms with Gasteiger partial charge in [0.2, 0.25) is 0 Å². The first kappa shape index (κ1) is 26.4. The van der Waals surface area contributed by atoms with E-state index < -0.39 is 0 Å². The van der Waals surface area contributed by atoms with Gasteiger partial charge >= 0.3 is 0 Å². The molecule has 3 rings (SSSR count). The molecule has 1 N–H and O–H groups in total. The number of nitrogens with one attached hydrogen (secondary N) is 1. The molecule has 0 spiro atoms. The summed E-state index contributed by atoms with van der Waals surface area (Å²) >= 11 is 0. The Morgan fingerprint density at radius 2 is 1.84 bits per heavy atom. The Bertz CT molecular complexity index is 826. The van der Waals surface area contributed by atoms with Crippen molar-refractivity contribution in [3.05, 3.63) is 47.8 Å². The standard InChI is InChI=1S/C24H39N7.HI/c1-20(2)23-21(19-29(5)27-23)18-28(4)24(25-3)26-12-9-13-30-14-16-31(17-15-30)22-10-7-6-8-11-22;/h6-8,10-11,19-20H,9,12-18H2,1-5H3,(H,25,26);1H. The fourth-order valence-electron chi connectivity index (χ4n) is 4.25. The number of hydrogen-bond donors (Lipinski definition) is 1. The third-order valence-corrected chi connectivity index (χ3v) is 5.89. The Balaban J connectivity index is 0.00000363. The van der Waals surface area contributed by atoms with E-state index in [0.29, 0.717) is 5.92 Å². The highest BCUT2D eigenvalue weighted by Crippen LogP contribution is 2.18. The van der Waals surface area contributed by atoms with E-state index in [1.807, 2.05) is 18.8 Å². The zero-order valence-corrected chi connectivity index (χ0v) is 22.6. The maximum Gasteiger partial charge on any atom is 0.193 e. The van der Waals surface area contributed by atoms with Gasteiger partial charge in [0.1, 0.15) is 0 Å². The third kappa shape index (κ3) is 7.37. The number of nitrogens with zero attached hydrogens (tertiary/aromatic N) is 6. The van der Waals surface area contributed by atoms with Crippen molar-refractivity contribution in [2.24, 2.45) is 12.0 Å². The smallest absolute Gasteiger partial charge is 0.193 e. The summed E-state index contributed by atoms with van der Waals surface area (Å²) in [5.74, 6) is 1.36. The highest BCUT2D eigenvalue weighted by atomic mass is 127. The van der Waals surface area contributed by atoms with Gasteiger partial charge in [0, 0.05) is 77.9 Å². The van der Waals surface area contributed by atoms with Gasteiger partial charge in [-0.2, -0.15) is 5.10 Å². The summed E-state index contributed by atoms with van der Waals surface area (Å²) in [6.45, 7) is 11.7. The first-order valence-corrected chi connectivity index (χ1v) is 11.4. The van der Waals surface area contributed by atoms with Gasteiger partial charge in [0.15, 0.2) is 5.96 Å². The lowest BCUT2D eigenvalue weighted by molar-refractivity contribution is 0.255. The SMILES string of the molecule is CN=C(NCCCN1CCN(c2ccccc2)CC1)N(C)Cc1cn(C)nc1C(C)C.I. The first-order chi connectivity index (χ1) is 15.0. The van der Waals surface area contributed by atoms with Crippen LogP contribution in [0.15, 0.2) is 41.5 Å². The maximum absolute atomic E-state index is 4.62. The molecular formula is C24H40IN7. The summed E-state index contributed by atoms with van der Waals surface area (Å²) < 4.78 is 1.91. The molecule has 0 radical (unpaired) electrons. The van der Waals surface area contributed by atoms with Crippen molar-refractivity contribution in [1.29, 1.82) is 0 Å². The van der Waals surface area contributed by atoms with Gasteiger partial charge in [-0.3, -0.25) is 14.6 Å². The minimum Gasteiger partial charge on any atom is -0.369 e. The predicted molar refractivity (Wildman–Crippen MR) is 145 cm³/mol. The molecule has 1 aliphatic rings. The summed E-state index contributed by atoms with van der Waals surface area (Å²) in [6.07, 6.45) is 3.23. The van der Waals surface area contributed by atoms with E-state index in [2.05, 4.69) is 87.5 Å². The Morgan fingerprint density at radius 3 is 2.47 bits per heavy atom. The van der Waals surface area contributed by atoms with Gasteiger partial charge in [0.05, 0.1) is 5.69 Å². The van der Waals surface area contributed by atoms with Crippen LogP contribution in [-0.4, -0.2) is 78.9 Å². The van der Waals surface area contributed by atoms with E-state index in [9.17, 15) is 0 Å². The van der Waals surface area contributed by atoms with Crippen LogP contribution in [0.5, 0.6) is 0 Å². The van der Waals surface area contributed by atoms with E-state index >= 15 is 0 Å². The van der Waals surface area contributed by atoms with Crippen LogP contribution in [0.25, 0.3) is 0 Å². The van der Waals surface area contributed by atoms with Crippen molar-refractivity contribution in [1.82, 2.24) is 24.9 Å². The number of guanidine groups is 1. The molecule has 0 atom stereocenters. The molecule has 2 heterocycles. The summed E-state index contributed by atoms with van der Waals surface area (Å²) in [6, 6.07) is 10.7. The van der Waals surface area contributed by atoms with Crippen LogP contribution in [0.1, 0.15) is 37.4 Å². The zero-order chi connectivity index (χ0) is 22.2. The van der Waals surface area contributed by atoms with Crippen LogP contribution in [-0.2, 0) is 13.6 Å². The largest absolute Gasteiger partial charge is 0.369 e. The molecule has 0 bridgehead atoms. The van der Waals surface area contributed by atoms with Crippen LogP contribution in [0.4, 0.5) is 5.69 Å². The molecule has 0 amide bonds. The van der Waals surface area contributed by atoms with Gasteiger partial charge in [-0.15, -0.1) is 24.0 Å². The minimum absolute atomic E-state index is 0. The normalized spacial score (nSPS) is 15.1. The number of aliphatic imine (C=N–C) groups is 1. The average molecular weight is 554 g/mol. The number of aromatic nitrogens is 2. The highest BCUT2D eigenvalue weighted by Gasteiger charge is 2.17. The quantitative estimate of drug-likeness (QED) is 0.235. The number of piperazine rings is 1. The van der Waals surface area contributed by atoms with Gasteiger partial charge in [0.25, 0.3) is 0 Å².